The van der Waals surface area contributed by atoms with Gasteiger partial charge >= 0.3 is 0 Å². The van der Waals surface area contributed by atoms with Gasteiger partial charge in [0.25, 0.3) is 6.71 Å². The zero-order valence-corrected chi connectivity index (χ0v) is 45.3. The third kappa shape index (κ3) is 5.43. The molecular weight excluding hydrogens is 844 g/mol. The van der Waals surface area contributed by atoms with Crippen LogP contribution < -0.4 is 16.4 Å². The molecule has 7 aromatic carbocycles. The van der Waals surface area contributed by atoms with Crippen molar-refractivity contribution >= 4 is 66.7 Å². The second-order valence-corrected chi connectivity index (χ2v) is 28.3. The summed E-state index contributed by atoms with van der Waals surface area (Å²) in [6.07, 6.45) is 0. The van der Waals surface area contributed by atoms with Gasteiger partial charge in [-0.15, -0.1) is 0 Å². The highest BCUT2D eigenvalue weighted by molar-refractivity contribution is 7.00. The Morgan fingerprint density at radius 1 is 0.386 bits per heavy atom. The van der Waals surface area contributed by atoms with Crippen molar-refractivity contribution in [2.24, 2.45) is 0 Å². The summed E-state index contributed by atoms with van der Waals surface area (Å²) in [4.78, 5) is 0. The lowest BCUT2D eigenvalue weighted by Gasteiger charge is -2.45. The molecule has 2 aromatic heterocycles. The molecule has 5 heterocycles. The summed E-state index contributed by atoms with van der Waals surface area (Å²) in [5.74, 6) is 0. The number of nitrogens with zero attached hydrogens (tertiary/aromatic N) is 2. The fraction of sp³-hybridized carbons (Fsp3) is 0.373. The van der Waals surface area contributed by atoms with Crippen LogP contribution >= 0.6 is 0 Å². The van der Waals surface area contributed by atoms with Gasteiger partial charge in [0.15, 0.2) is 0 Å². The van der Waals surface area contributed by atoms with Crippen LogP contribution in [0.25, 0.3) is 66.1 Å². The molecule has 0 atom stereocenters. The van der Waals surface area contributed by atoms with Crippen LogP contribution in [0.5, 0.6) is 0 Å². The Bertz CT molecular complexity index is 3810. The minimum absolute atomic E-state index is 0.0223. The van der Waals surface area contributed by atoms with Crippen molar-refractivity contribution in [3.63, 3.8) is 0 Å². The zero-order chi connectivity index (χ0) is 49.7. The summed E-state index contributed by atoms with van der Waals surface area (Å²) in [6.45, 7) is 43.2. The number of hydrogen-bond acceptors (Lipinski definition) is 0. The van der Waals surface area contributed by atoms with Gasteiger partial charge in [-0.25, -0.2) is 0 Å². The molecule has 0 saturated carbocycles. The first-order chi connectivity index (χ1) is 32.5. The number of rotatable bonds is 0. The number of benzene rings is 7. The van der Waals surface area contributed by atoms with Crippen LogP contribution in [0, 0.1) is 0 Å². The molecule has 0 radical (unpaired) electrons. The fourth-order valence-electron chi connectivity index (χ4n) is 13.7. The lowest BCUT2D eigenvalue weighted by atomic mass is 9.33. The normalized spacial score (nSPS) is 15.7. The predicted octanol–water partition coefficient (Wildman–Crippen LogP) is 15.5. The summed E-state index contributed by atoms with van der Waals surface area (Å²) < 4.78 is 5.52. The molecule has 13 rings (SSSR count). The minimum atomic E-state index is -0.586. The molecule has 0 amide bonds. The van der Waals surface area contributed by atoms with Gasteiger partial charge in [0.1, 0.15) is 0 Å². The van der Waals surface area contributed by atoms with E-state index >= 15 is 0 Å². The van der Waals surface area contributed by atoms with Gasteiger partial charge in [-0.3, -0.25) is 0 Å². The Balaban J connectivity index is 1.33. The van der Waals surface area contributed by atoms with E-state index in [1.165, 1.54) is 138 Å². The lowest BCUT2D eigenvalue weighted by molar-refractivity contribution is 0.583. The van der Waals surface area contributed by atoms with E-state index in [0.717, 1.165) is 0 Å². The van der Waals surface area contributed by atoms with Crippen LogP contribution in [-0.4, -0.2) is 15.8 Å². The highest BCUT2D eigenvalue weighted by atomic mass is 15.1. The number of hydrogen-bond donors (Lipinski definition) is 0. The van der Waals surface area contributed by atoms with Crippen molar-refractivity contribution in [2.75, 3.05) is 0 Å². The SMILES string of the molecule is CC(C)(C)c1ccc2c(c1)C1(c3cc(C(C)(C)C)ccc3-2)c2ccc3c4c2-n2c5c(cc(C(C)(C)C)cc5c5cc(C(C)(C)C)cc1c52)B4c1cc(C(C)(C)C)cc2c4c(C(C)(C)C)cccc4n-3c12. The molecule has 1 aliphatic carbocycles. The second-order valence-electron chi connectivity index (χ2n) is 28.3. The quantitative estimate of drug-likeness (QED) is 0.134. The van der Waals surface area contributed by atoms with Gasteiger partial charge in [0.05, 0.1) is 16.4 Å². The first kappa shape index (κ1) is 44.2. The molecule has 4 aliphatic rings. The Morgan fingerprint density at radius 3 is 1.37 bits per heavy atom. The molecule has 0 bridgehead atoms. The maximum Gasteiger partial charge on any atom is 0.252 e. The Morgan fingerprint density at radius 2 is 0.857 bits per heavy atom. The Kier molecular flexibility index (Phi) is 8.20. The lowest BCUT2D eigenvalue weighted by Crippen LogP contribution is -2.60. The van der Waals surface area contributed by atoms with Crippen LogP contribution in [0.4, 0.5) is 0 Å². The van der Waals surface area contributed by atoms with Gasteiger partial charge in [0.2, 0.25) is 0 Å². The summed E-state index contributed by atoms with van der Waals surface area (Å²) in [5, 5.41) is 5.56. The van der Waals surface area contributed by atoms with E-state index in [0.29, 0.717) is 0 Å². The van der Waals surface area contributed by atoms with E-state index in [1.54, 1.807) is 0 Å². The fourth-order valence-corrected chi connectivity index (χ4v) is 13.7. The molecule has 0 saturated heterocycles. The predicted molar refractivity (Wildman–Crippen MR) is 303 cm³/mol. The van der Waals surface area contributed by atoms with Crippen molar-refractivity contribution in [3.8, 4) is 22.5 Å². The highest BCUT2D eigenvalue weighted by Gasteiger charge is 2.55. The number of fused-ring (bicyclic) bond motifs is 14. The van der Waals surface area contributed by atoms with E-state index in [4.69, 9.17) is 0 Å². The first-order valence-corrected chi connectivity index (χ1v) is 26.3. The molecular formula is C67H71BN2. The summed E-state index contributed by atoms with van der Waals surface area (Å²) in [5.41, 5.74) is 28.3. The number of aromatic nitrogens is 2. The molecule has 3 heteroatoms. The van der Waals surface area contributed by atoms with Crippen molar-refractivity contribution in [1.82, 2.24) is 9.13 Å². The van der Waals surface area contributed by atoms with Crippen LogP contribution in [-0.2, 0) is 37.9 Å². The van der Waals surface area contributed by atoms with E-state index < -0.39 is 5.41 Å². The third-order valence-electron chi connectivity index (χ3n) is 17.6. The molecule has 0 N–H and O–H groups in total. The maximum absolute atomic E-state index is 2.81. The van der Waals surface area contributed by atoms with Crippen molar-refractivity contribution < 1.29 is 0 Å². The summed E-state index contributed by atoms with van der Waals surface area (Å²) in [7, 11) is 0. The van der Waals surface area contributed by atoms with Crippen LogP contribution in [0.15, 0.2) is 103 Å². The molecule has 9 aromatic rings. The van der Waals surface area contributed by atoms with Crippen molar-refractivity contribution in [3.05, 3.63) is 159 Å². The highest BCUT2D eigenvalue weighted by Crippen LogP contribution is 2.63. The smallest absolute Gasteiger partial charge is 0.252 e. The van der Waals surface area contributed by atoms with E-state index in [-0.39, 0.29) is 39.2 Å². The third-order valence-corrected chi connectivity index (χ3v) is 17.6. The van der Waals surface area contributed by atoms with Gasteiger partial charge < -0.3 is 9.13 Å². The average Bonchev–Trinajstić information content (AvgIpc) is 3.88. The molecule has 2 nitrogen and oxygen atoms in total. The molecule has 1 spiro atoms. The molecule has 0 fully saturated rings. The zero-order valence-electron chi connectivity index (χ0n) is 45.3. The molecule has 352 valence electrons. The van der Waals surface area contributed by atoms with Crippen molar-refractivity contribution in [1.29, 1.82) is 0 Å². The molecule has 0 unspecified atom stereocenters. The minimum Gasteiger partial charge on any atom is -0.310 e. The summed E-state index contributed by atoms with van der Waals surface area (Å²) >= 11 is 0. The van der Waals surface area contributed by atoms with Crippen LogP contribution in [0.1, 0.15) is 180 Å². The molecule has 3 aliphatic heterocycles. The van der Waals surface area contributed by atoms with Gasteiger partial charge in [0, 0.05) is 44.0 Å². The van der Waals surface area contributed by atoms with Gasteiger partial charge in [-0.05, 0) is 146 Å². The largest absolute Gasteiger partial charge is 0.310 e. The van der Waals surface area contributed by atoms with Crippen LogP contribution in [0.2, 0.25) is 0 Å². The monoisotopic (exact) mass is 915 g/mol. The van der Waals surface area contributed by atoms with E-state index in [2.05, 4.69) is 237 Å². The van der Waals surface area contributed by atoms with Gasteiger partial charge in [-0.1, -0.05) is 197 Å². The van der Waals surface area contributed by atoms with Crippen molar-refractivity contribution in [2.45, 2.75) is 163 Å². The topological polar surface area (TPSA) is 9.86 Å². The van der Waals surface area contributed by atoms with E-state index in [1.807, 2.05) is 0 Å². The molecule has 70 heavy (non-hydrogen) atoms. The Labute approximate surface area is 417 Å². The second kappa shape index (κ2) is 13.0. The van der Waals surface area contributed by atoms with Crippen LogP contribution in [0.3, 0.4) is 0 Å². The Hall–Kier alpha value is -5.80. The average molecular weight is 915 g/mol. The van der Waals surface area contributed by atoms with E-state index in [9.17, 15) is 0 Å². The van der Waals surface area contributed by atoms with Gasteiger partial charge in [-0.2, -0.15) is 0 Å². The maximum atomic E-state index is 2.81. The standard InChI is InChI=1S/C67H71BN2/c1-61(2,3)36-22-24-41-42-25-23-37(62(4,5)6)32-49(42)67(48(41)31-36)47-26-27-54-56-60(47)70-57-43(28-38(33-50(57)67)63(7,8)9)44-29-39(64(10,11)12)34-51(58(44)70)68(56)52-35-40(65(13,14)15)30-45-55-46(66(16,17)18)20-19-21-53(55)69(54)59(45)52/h19-35H,1-18H3. The summed E-state index contributed by atoms with van der Waals surface area (Å²) in [6, 6.07) is 43.1. The first-order valence-electron chi connectivity index (χ1n) is 26.3.